The number of aryl methyl sites for hydroxylation is 1. The Morgan fingerprint density at radius 2 is 1.81 bits per heavy atom. The molecule has 0 N–H and O–H groups in total. The van der Waals surface area contributed by atoms with Gasteiger partial charge in [0.15, 0.2) is 0 Å². The third-order valence-corrected chi connectivity index (χ3v) is 4.95. The van der Waals surface area contributed by atoms with Gasteiger partial charge in [0.2, 0.25) is 5.91 Å². The first-order valence-corrected chi connectivity index (χ1v) is 8.08. The zero-order valence-corrected chi connectivity index (χ0v) is 12.4. The van der Waals surface area contributed by atoms with Crippen LogP contribution in [0.2, 0.25) is 0 Å². The lowest BCUT2D eigenvalue weighted by molar-refractivity contribution is -0.137. The average molecular weight is 285 g/mol. The van der Waals surface area contributed by atoms with Crippen molar-refractivity contribution >= 4 is 12.2 Å². The Hall–Kier alpha value is -1.64. The summed E-state index contributed by atoms with van der Waals surface area (Å²) in [5, 5.41) is 0. The van der Waals surface area contributed by atoms with E-state index in [2.05, 4.69) is 17.0 Å². The highest BCUT2D eigenvalue weighted by Gasteiger charge is 2.42. The summed E-state index contributed by atoms with van der Waals surface area (Å²) in [5.41, 5.74) is 1.30. The molecule has 1 aromatic carbocycles. The molecular weight excluding hydrogens is 262 g/mol. The van der Waals surface area contributed by atoms with E-state index in [0.29, 0.717) is 24.4 Å². The molecule has 2 aliphatic rings. The van der Waals surface area contributed by atoms with E-state index in [1.807, 2.05) is 18.2 Å². The standard InChI is InChI=1S/C18H23NO2/c20-13-15-11-16-9-10-17(12-15)19(16)18(21)8-4-7-14-5-2-1-3-6-14/h1-3,5-6,13,15-17H,4,7-12H2/t15?,16-,17+. The number of amides is 1. The molecule has 2 aliphatic heterocycles. The quantitative estimate of drug-likeness (QED) is 0.780. The topological polar surface area (TPSA) is 37.4 Å². The molecular formula is C18H23NO2. The highest BCUT2D eigenvalue weighted by molar-refractivity contribution is 5.77. The summed E-state index contributed by atoms with van der Waals surface area (Å²) < 4.78 is 0. The molecule has 0 aliphatic carbocycles. The van der Waals surface area contributed by atoms with Crippen LogP contribution in [0.25, 0.3) is 0 Å². The van der Waals surface area contributed by atoms with E-state index in [9.17, 15) is 9.59 Å². The number of rotatable bonds is 5. The van der Waals surface area contributed by atoms with Crippen molar-refractivity contribution in [3.05, 3.63) is 35.9 Å². The van der Waals surface area contributed by atoms with Crippen LogP contribution in [0, 0.1) is 5.92 Å². The van der Waals surface area contributed by atoms with Gasteiger partial charge in [-0.1, -0.05) is 30.3 Å². The molecule has 112 valence electrons. The minimum Gasteiger partial charge on any atom is -0.337 e. The van der Waals surface area contributed by atoms with Gasteiger partial charge in [-0.2, -0.15) is 0 Å². The molecule has 3 nitrogen and oxygen atoms in total. The van der Waals surface area contributed by atoms with E-state index in [1.165, 1.54) is 5.56 Å². The molecule has 2 fully saturated rings. The fourth-order valence-electron chi connectivity index (χ4n) is 3.95. The minimum absolute atomic E-state index is 0.177. The van der Waals surface area contributed by atoms with Crippen molar-refractivity contribution in [2.24, 2.45) is 5.92 Å². The van der Waals surface area contributed by atoms with Crippen LogP contribution in [0.5, 0.6) is 0 Å². The number of carbonyl (C=O) groups is 2. The molecule has 3 atom stereocenters. The lowest BCUT2D eigenvalue weighted by Gasteiger charge is -2.37. The van der Waals surface area contributed by atoms with Crippen molar-refractivity contribution in [1.82, 2.24) is 4.90 Å². The molecule has 0 radical (unpaired) electrons. The number of hydrogen-bond acceptors (Lipinski definition) is 2. The van der Waals surface area contributed by atoms with Crippen LogP contribution < -0.4 is 0 Å². The summed E-state index contributed by atoms with van der Waals surface area (Å²) >= 11 is 0. The van der Waals surface area contributed by atoms with Gasteiger partial charge in [-0.25, -0.2) is 0 Å². The predicted octanol–water partition coefficient (Wildman–Crippen LogP) is 2.98. The maximum absolute atomic E-state index is 12.5. The Kier molecular flexibility index (Phi) is 4.37. The molecule has 3 heteroatoms. The van der Waals surface area contributed by atoms with Crippen LogP contribution in [0.1, 0.15) is 44.1 Å². The SMILES string of the molecule is O=CC1C[C@H]2CC[C@@H](C1)N2C(=O)CCCc1ccccc1. The fourth-order valence-corrected chi connectivity index (χ4v) is 3.95. The van der Waals surface area contributed by atoms with Crippen molar-refractivity contribution in [2.45, 2.75) is 57.0 Å². The number of hydrogen-bond donors (Lipinski definition) is 0. The van der Waals surface area contributed by atoms with Crippen molar-refractivity contribution in [2.75, 3.05) is 0 Å². The molecule has 2 heterocycles. The first kappa shape index (κ1) is 14.3. The van der Waals surface area contributed by atoms with Gasteiger partial charge in [0.05, 0.1) is 0 Å². The second-order valence-corrected chi connectivity index (χ2v) is 6.39. The smallest absolute Gasteiger partial charge is 0.223 e. The van der Waals surface area contributed by atoms with Crippen molar-refractivity contribution < 1.29 is 9.59 Å². The summed E-state index contributed by atoms with van der Waals surface area (Å²) in [6.07, 6.45) is 7.52. The van der Waals surface area contributed by atoms with E-state index < -0.39 is 0 Å². The summed E-state index contributed by atoms with van der Waals surface area (Å²) in [4.78, 5) is 25.6. The number of piperidine rings is 1. The van der Waals surface area contributed by atoms with Crippen molar-refractivity contribution in [3.8, 4) is 0 Å². The number of nitrogens with zero attached hydrogens (tertiary/aromatic N) is 1. The molecule has 0 aromatic heterocycles. The van der Waals surface area contributed by atoms with Gasteiger partial charge < -0.3 is 9.69 Å². The summed E-state index contributed by atoms with van der Waals surface area (Å²) in [5.74, 6) is 0.471. The monoisotopic (exact) mass is 285 g/mol. The van der Waals surface area contributed by atoms with Crippen molar-refractivity contribution in [3.63, 3.8) is 0 Å². The van der Waals surface area contributed by atoms with E-state index >= 15 is 0 Å². The van der Waals surface area contributed by atoms with Gasteiger partial charge in [0.1, 0.15) is 6.29 Å². The third kappa shape index (κ3) is 3.17. The Balaban J connectivity index is 1.51. The van der Waals surface area contributed by atoms with Crippen LogP contribution in [0.15, 0.2) is 30.3 Å². The minimum atomic E-state index is 0.177. The fraction of sp³-hybridized carbons (Fsp3) is 0.556. The largest absolute Gasteiger partial charge is 0.337 e. The van der Waals surface area contributed by atoms with Crippen LogP contribution in [0.4, 0.5) is 0 Å². The third-order valence-electron chi connectivity index (χ3n) is 4.95. The molecule has 3 rings (SSSR count). The first-order chi connectivity index (χ1) is 10.3. The van der Waals surface area contributed by atoms with Gasteiger partial charge in [-0.15, -0.1) is 0 Å². The van der Waals surface area contributed by atoms with Gasteiger partial charge >= 0.3 is 0 Å². The van der Waals surface area contributed by atoms with Crippen LogP contribution >= 0.6 is 0 Å². The summed E-state index contributed by atoms with van der Waals surface area (Å²) in [7, 11) is 0. The zero-order chi connectivity index (χ0) is 14.7. The lowest BCUT2D eigenvalue weighted by atomic mass is 9.91. The second-order valence-electron chi connectivity index (χ2n) is 6.39. The highest BCUT2D eigenvalue weighted by Crippen LogP contribution is 2.38. The molecule has 2 saturated heterocycles. The number of carbonyl (C=O) groups excluding carboxylic acids is 2. The maximum Gasteiger partial charge on any atom is 0.223 e. The van der Waals surface area contributed by atoms with Crippen LogP contribution in [0.3, 0.4) is 0 Å². The predicted molar refractivity (Wildman–Crippen MR) is 81.8 cm³/mol. The number of benzene rings is 1. The average Bonchev–Trinajstić information content (AvgIpc) is 2.78. The highest BCUT2D eigenvalue weighted by atomic mass is 16.2. The van der Waals surface area contributed by atoms with Crippen molar-refractivity contribution in [1.29, 1.82) is 0 Å². The zero-order valence-electron chi connectivity index (χ0n) is 12.4. The van der Waals surface area contributed by atoms with Crippen LogP contribution in [-0.2, 0) is 16.0 Å². The Bertz CT molecular complexity index is 485. The Morgan fingerprint density at radius 3 is 2.43 bits per heavy atom. The molecule has 1 aromatic rings. The van der Waals surface area contributed by atoms with E-state index in [4.69, 9.17) is 0 Å². The van der Waals surface area contributed by atoms with Crippen LogP contribution in [-0.4, -0.2) is 29.2 Å². The summed E-state index contributed by atoms with van der Waals surface area (Å²) in [6.45, 7) is 0. The molecule has 0 spiro atoms. The van der Waals surface area contributed by atoms with Gasteiger partial charge in [-0.05, 0) is 44.1 Å². The van der Waals surface area contributed by atoms with Gasteiger partial charge in [0, 0.05) is 24.4 Å². The first-order valence-electron chi connectivity index (χ1n) is 8.08. The second kappa shape index (κ2) is 6.42. The number of fused-ring (bicyclic) bond motifs is 2. The lowest BCUT2D eigenvalue weighted by Crippen LogP contribution is -2.46. The molecule has 2 bridgehead atoms. The molecule has 1 amide bonds. The molecule has 0 saturated carbocycles. The van der Waals surface area contributed by atoms with E-state index in [1.54, 1.807) is 0 Å². The van der Waals surface area contributed by atoms with Gasteiger partial charge in [0.25, 0.3) is 0 Å². The Labute approximate surface area is 126 Å². The maximum atomic E-state index is 12.5. The van der Waals surface area contributed by atoms with E-state index in [0.717, 1.165) is 44.8 Å². The molecule has 1 unspecified atom stereocenters. The van der Waals surface area contributed by atoms with E-state index in [-0.39, 0.29) is 5.92 Å². The Morgan fingerprint density at radius 1 is 1.14 bits per heavy atom. The summed E-state index contributed by atoms with van der Waals surface area (Å²) in [6, 6.07) is 11.0. The molecule has 21 heavy (non-hydrogen) atoms. The van der Waals surface area contributed by atoms with Gasteiger partial charge in [-0.3, -0.25) is 4.79 Å². The number of aldehydes is 1. The normalized spacial score (nSPS) is 27.6.